The molecule has 1 N–H and O–H groups in total. The number of nitrogens with one attached hydrogen (secondary N) is 1. The lowest BCUT2D eigenvalue weighted by atomic mass is 9.79. The number of halogens is 1. The molecule has 9 heteroatoms. The van der Waals surface area contributed by atoms with Gasteiger partial charge in [-0.3, -0.25) is 4.72 Å². The van der Waals surface area contributed by atoms with Crippen LogP contribution in [-0.4, -0.2) is 33.8 Å². The second kappa shape index (κ2) is 7.06. The fraction of sp³-hybridized carbons (Fsp3) is 0.368. The van der Waals surface area contributed by atoms with Crippen LogP contribution >= 0.6 is 0 Å². The molecule has 1 saturated heterocycles. The fourth-order valence-electron chi connectivity index (χ4n) is 2.78. The highest BCUT2D eigenvalue weighted by atomic mass is 32.2. The van der Waals surface area contributed by atoms with Gasteiger partial charge >= 0.3 is 7.12 Å². The van der Waals surface area contributed by atoms with E-state index >= 15 is 0 Å². The molecular formula is C19H23BFNO5S. The van der Waals surface area contributed by atoms with E-state index in [-0.39, 0.29) is 16.3 Å². The van der Waals surface area contributed by atoms with Crippen LogP contribution in [0.2, 0.25) is 0 Å². The van der Waals surface area contributed by atoms with E-state index < -0.39 is 34.2 Å². The van der Waals surface area contributed by atoms with Crippen LogP contribution in [0.15, 0.2) is 47.4 Å². The van der Waals surface area contributed by atoms with Crippen LogP contribution in [-0.2, 0) is 19.3 Å². The summed E-state index contributed by atoms with van der Waals surface area (Å²) in [6.45, 7) is 7.61. The summed E-state index contributed by atoms with van der Waals surface area (Å²) in [6, 6.07) is 10.3. The first-order chi connectivity index (χ1) is 13.0. The summed E-state index contributed by atoms with van der Waals surface area (Å²) in [5.41, 5.74) is -0.821. The van der Waals surface area contributed by atoms with Gasteiger partial charge in [-0.15, -0.1) is 0 Å². The Labute approximate surface area is 165 Å². The van der Waals surface area contributed by atoms with E-state index in [1.165, 1.54) is 31.4 Å². The zero-order valence-corrected chi connectivity index (χ0v) is 17.3. The summed E-state index contributed by atoms with van der Waals surface area (Å²) < 4.78 is 59.1. The number of ether oxygens (including phenoxy) is 1. The van der Waals surface area contributed by atoms with Crippen molar-refractivity contribution in [1.29, 1.82) is 0 Å². The third-order valence-electron chi connectivity index (χ3n) is 5.12. The van der Waals surface area contributed by atoms with Gasteiger partial charge in [0.2, 0.25) is 0 Å². The molecule has 0 spiro atoms. The van der Waals surface area contributed by atoms with Crippen LogP contribution in [0.25, 0.3) is 0 Å². The molecule has 0 saturated carbocycles. The van der Waals surface area contributed by atoms with Gasteiger partial charge in [0, 0.05) is 0 Å². The molecule has 0 unspecified atom stereocenters. The monoisotopic (exact) mass is 407 g/mol. The molecule has 0 atom stereocenters. The van der Waals surface area contributed by atoms with Crippen molar-refractivity contribution in [2.24, 2.45) is 0 Å². The van der Waals surface area contributed by atoms with Gasteiger partial charge in [-0.1, -0.05) is 18.2 Å². The summed E-state index contributed by atoms with van der Waals surface area (Å²) in [5, 5.41) is 0. The fourth-order valence-corrected chi connectivity index (χ4v) is 4.02. The molecule has 0 aromatic heterocycles. The second-order valence-corrected chi connectivity index (χ2v) is 9.23. The molecule has 150 valence electrons. The number of hydrogen-bond acceptors (Lipinski definition) is 5. The maximum Gasteiger partial charge on any atom is 0.494 e. The van der Waals surface area contributed by atoms with Crippen molar-refractivity contribution < 1.29 is 26.9 Å². The Balaban J connectivity index is 1.86. The van der Waals surface area contributed by atoms with E-state index in [0.29, 0.717) is 5.46 Å². The summed E-state index contributed by atoms with van der Waals surface area (Å²) >= 11 is 0. The molecule has 1 aliphatic heterocycles. The van der Waals surface area contributed by atoms with Crippen LogP contribution in [0.4, 0.5) is 10.1 Å². The SMILES string of the molecule is COc1ccccc1S(=O)(=O)Nc1ccc(B2OC(C)(C)C(C)(C)O2)cc1F. The highest BCUT2D eigenvalue weighted by Crippen LogP contribution is 2.36. The topological polar surface area (TPSA) is 73.9 Å². The Morgan fingerprint density at radius 2 is 1.64 bits per heavy atom. The lowest BCUT2D eigenvalue weighted by Crippen LogP contribution is -2.41. The van der Waals surface area contributed by atoms with Gasteiger partial charge in [0.1, 0.15) is 16.5 Å². The minimum atomic E-state index is -4.03. The minimum absolute atomic E-state index is 0.0769. The second-order valence-electron chi connectivity index (χ2n) is 7.58. The van der Waals surface area contributed by atoms with Crippen molar-refractivity contribution in [1.82, 2.24) is 0 Å². The smallest absolute Gasteiger partial charge is 0.494 e. The molecule has 2 aromatic carbocycles. The minimum Gasteiger partial charge on any atom is -0.495 e. The predicted octanol–water partition coefficient (Wildman–Crippen LogP) is 2.93. The zero-order chi connectivity index (χ0) is 20.7. The average molecular weight is 407 g/mol. The van der Waals surface area contributed by atoms with E-state index in [4.69, 9.17) is 14.0 Å². The highest BCUT2D eigenvalue weighted by Gasteiger charge is 2.51. The number of sulfonamides is 1. The third kappa shape index (κ3) is 3.74. The molecule has 0 aliphatic carbocycles. The van der Waals surface area contributed by atoms with E-state index in [1.54, 1.807) is 18.2 Å². The van der Waals surface area contributed by atoms with Crippen LogP contribution < -0.4 is 14.9 Å². The summed E-state index contributed by atoms with van der Waals surface area (Å²) in [6.07, 6.45) is 0. The van der Waals surface area contributed by atoms with Crippen molar-refractivity contribution in [3.8, 4) is 5.75 Å². The number of anilines is 1. The first-order valence-electron chi connectivity index (χ1n) is 8.78. The summed E-state index contributed by atoms with van der Waals surface area (Å²) in [7, 11) is -3.39. The van der Waals surface area contributed by atoms with Gasteiger partial charge in [-0.25, -0.2) is 12.8 Å². The lowest BCUT2D eigenvalue weighted by Gasteiger charge is -2.32. The first kappa shape index (κ1) is 20.6. The molecule has 0 radical (unpaired) electrons. The molecule has 28 heavy (non-hydrogen) atoms. The van der Waals surface area contributed by atoms with Gasteiger partial charge in [-0.05, 0) is 57.4 Å². The van der Waals surface area contributed by atoms with Gasteiger partial charge in [0.15, 0.2) is 0 Å². The van der Waals surface area contributed by atoms with Gasteiger partial charge in [0.25, 0.3) is 10.0 Å². The predicted molar refractivity (Wildman–Crippen MR) is 106 cm³/mol. The summed E-state index contributed by atoms with van der Waals surface area (Å²) in [4.78, 5) is -0.0769. The number of para-hydroxylation sites is 1. The van der Waals surface area contributed by atoms with Crippen LogP contribution in [0.1, 0.15) is 27.7 Å². The molecule has 1 aliphatic rings. The molecule has 1 heterocycles. The van der Waals surface area contributed by atoms with Crippen molar-refractivity contribution in [3.05, 3.63) is 48.3 Å². The summed E-state index contributed by atoms with van der Waals surface area (Å²) in [5.74, 6) is -0.560. The molecule has 2 aromatic rings. The maximum atomic E-state index is 14.6. The Hall–Kier alpha value is -2.10. The van der Waals surface area contributed by atoms with Gasteiger partial charge < -0.3 is 14.0 Å². The number of rotatable bonds is 5. The van der Waals surface area contributed by atoms with Crippen LogP contribution in [0.5, 0.6) is 5.75 Å². The molecular weight excluding hydrogens is 384 g/mol. The van der Waals surface area contributed by atoms with Gasteiger partial charge in [-0.2, -0.15) is 0 Å². The van der Waals surface area contributed by atoms with Crippen molar-refractivity contribution >= 4 is 28.3 Å². The highest BCUT2D eigenvalue weighted by molar-refractivity contribution is 7.92. The third-order valence-corrected chi connectivity index (χ3v) is 6.53. The van der Waals surface area contributed by atoms with E-state index in [2.05, 4.69) is 4.72 Å². The lowest BCUT2D eigenvalue weighted by molar-refractivity contribution is 0.00578. The van der Waals surface area contributed by atoms with Gasteiger partial charge in [0.05, 0.1) is 24.0 Å². The maximum absolute atomic E-state index is 14.6. The van der Waals surface area contributed by atoms with Crippen LogP contribution in [0.3, 0.4) is 0 Å². The van der Waals surface area contributed by atoms with E-state index in [1.807, 2.05) is 27.7 Å². The quantitative estimate of drug-likeness (QED) is 0.772. The van der Waals surface area contributed by atoms with E-state index in [9.17, 15) is 12.8 Å². The Morgan fingerprint density at radius 1 is 1.04 bits per heavy atom. The number of benzene rings is 2. The van der Waals surface area contributed by atoms with Crippen molar-refractivity contribution in [2.75, 3.05) is 11.8 Å². The largest absolute Gasteiger partial charge is 0.495 e. The zero-order valence-electron chi connectivity index (χ0n) is 16.4. The Bertz CT molecular complexity index is 978. The molecule has 1 fully saturated rings. The molecule has 0 amide bonds. The van der Waals surface area contributed by atoms with E-state index in [0.717, 1.165) is 0 Å². The van der Waals surface area contributed by atoms with Crippen molar-refractivity contribution in [3.63, 3.8) is 0 Å². The Morgan fingerprint density at radius 3 is 2.21 bits per heavy atom. The average Bonchev–Trinajstić information content (AvgIpc) is 2.84. The molecule has 0 bridgehead atoms. The van der Waals surface area contributed by atoms with Crippen LogP contribution in [0, 0.1) is 5.82 Å². The first-order valence-corrected chi connectivity index (χ1v) is 10.3. The number of hydrogen-bond donors (Lipinski definition) is 1. The number of methoxy groups -OCH3 is 1. The van der Waals surface area contributed by atoms with Crippen molar-refractivity contribution in [2.45, 2.75) is 43.8 Å². The molecule has 6 nitrogen and oxygen atoms in total. The Kier molecular flexibility index (Phi) is 5.20. The standard InChI is InChI=1S/C19H23BFNO5S/c1-18(2)19(3,4)27-20(26-18)13-10-11-15(14(21)12-13)22-28(23,24)17-9-7-6-8-16(17)25-5/h6-12,22H,1-5H3. The molecule has 3 rings (SSSR count). The normalized spacial score (nSPS) is 18.1.